The molecule has 2 amide bonds. The lowest BCUT2D eigenvalue weighted by Crippen LogP contribution is -2.44. The molecule has 3 aromatic rings. The van der Waals surface area contributed by atoms with Gasteiger partial charge in [0.25, 0.3) is 0 Å². The summed E-state index contributed by atoms with van der Waals surface area (Å²) < 4.78 is 17.3. The molecule has 2 fully saturated rings. The number of rotatable bonds is 4. The van der Waals surface area contributed by atoms with Crippen LogP contribution in [0.15, 0.2) is 71.3 Å². The number of Topliss-reactive ketones (excluding diaryl/α,β-unsaturated/α-hetero) is 1. The first-order valence-corrected chi connectivity index (χ1v) is 13.5. The number of benzene rings is 3. The quantitative estimate of drug-likeness (QED) is 0.325. The van der Waals surface area contributed by atoms with Crippen molar-refractivity contribution in [1.29, 1.82) is 0 Å². The van der Waals surface area contributed by atoms with Gasteiger partial charge in [-0.25, -0.2) is 4.90 Å². The summed E-state index contributed by atoms with van der Waals surface area (Å²) in [7, 11) is 1.55. The number of ketones is 1. The van der Waals surface area contributed by atoms with Gasteiger partial charge in [-0.2, -0.15) is 0 Å². The fourth-order valence-corrected chi connectivity index (χ4v) is 6.81. The molecule has 4 heterocycles. The van der Waals surface area contributed by atoms with Gasteiger partial charge in [0, 0.05) is 17.8 Å². The van der Waals surface area contributed by atoms with Crippen LogP contribution in [0.3, 0.4) is 0 Å². The third-order valence-corrected chi connectivity index (χ3v) is 8.57. The van der Waals surface area contributed by atoms with Crippen LogP contribution in [-0.4, -0.2) is 48.9 Å². The molecule has 2 saturated heterocycles. The molecule has 0 saturated carbocycles. The molecular formula is C30H23BrN2O6. The van der Waals surface area contributed by atoms with Crippen LogP contribution in [0, 0.1) is 11.8 Å². The average Bonchev–Trinajstić information content (AvgIpc) is 3.44. The van der Waals surface area contributed by atoms with E-state index >= 15 is 0 Å². The predicted octanol–water partition coefficient (Wildman–Crippen LogP) is 4.63. The summed E-state index contributed by atoms with van der Waals surface area (Å²) in [5, 5.41) is 0. The van der Waals surface area contributed by atoms with E-state index in [4.69, 9.17) is 14.2 Å². The molecule has 0 N–H and O–H groups in total. The van der Waals surface area contributed by atoms with Crippen molar-refractivity contribution in [3.8, 4) is 17.2 Å². The number of imide groups is 1. The van der Waals surface area contributed by atoms with Gasteiger partial charge in [-0.1, -0.05) is 24.3 Å². The van der Waals surface area contributed by atoms with E-state index in [2.05, 4.69) is 15.9 Å². The molecule has 7 rings (SSSR count). The number of anilines is 1. The Morgan fingerprint density at radius 1 is 0.949 bits per heavy atom. The van der Waals surface area contributed by atoms with Gasteiger partial charge in [0.05, 0.1) is 35.1 Å². The summed E-state index contributed by atoms with van der Waals surface area (Å²) in [5.41, 5.74) is 2.73. The molecule has 0 unspecified atom stereocenters. The molecular weight excluding hydrogens is 564 g/mol. The number of carbonyl (C=O) groups is 3. The van der Waals surface area contributed by atoms with Crippen molar-refractivity contribution >= 4 is 45.3 Å². The number of methoxy groups -OCH3 is 1. The Hall–Kier alpha value is -4.11. The smallest absolute Gasteiger partial charge is 0.240 e. The molecule has 0 aliphatic carbocycles. The van der Waals surface area contributed by atoms with Crippen LogP contribution < -0.4 is 19.1 Å². The molecule has 0 spiro atoms. The summed E-state index contributed by atoms with van der Waals surface area (Å²) in [6.07, 6.45) is 3.78. The molecule has 8 nitrogen and oxygen atoms in total. The van der Waals surface area contributed by atoms with Crippen LogP contribution >= 0.6 is 15.9 Å². The molecule has 39 heavy (non-hydrogen) atoms. The third kappa shape index (κ3) is 3.52. The predicted molar refractivity (Wildman–Crippen MR) is 146 cm³/mol. The Balaban J connectivity index is 1.34. The Labute approximate surface area is 232 Å². The number of amides is 2. The topological polar surface area (TPSA) is 85.4 Å². The van der Waals surface area contributed by atoms with Gasteiger partial charge in [0.1, 0.15) is 25.0 Å². The van der Waals surface area contributed by atoms with Gasteiger partial charge in [-0.3, -0.25) is 14.4 Å². The number of hydrogen-bond acceptors (Lipinski definition) is 7. The molecule has 4 aliphatic rings. The SMILES string of the molecule is COc1ccc(C(=O)[C@H]2[C@H]3C(=O)N(c4ccc5c(c4)OCCO5)C(=O)[C@@H]3[C@H]3c4ccccc4C=CN32)cc1Br. The molecule has 4 atom stereocenters. The highest BCUT2D eigenvalue weighted by molar-refractivity contribution is 9.10. The van der Waals surface area contributed by atoms with E-state index in [9.17, 15) is 14.4 Å². The monoisotopic (exact) mass is 586 g/mol. The maximum atomic E-state index is 14.1. The van der Waals surface area contributed by atoms with Crippen molar-refractivity contribution in [3.63, 3.8) is 0 Å². The summed E-state index contributed by atoms with van der Waals surface area (Å²) in [6, 6.07) is 16.7. The second kappa shape index (κ2) is 8.98. The zero-order valence-electron chi connectivity index (χ0n) is 20.9. The van der Waals surface area contributed by atoms with Crippen molar-refractivity contribution in [2.75, 3.05) is 25.2 Å². The molecule has 196 valence electrons. The molecule has 0 bridgehead atoms. The summed E-state index contributed by atoms with van der Waals surface area (Å²) >= 11 is 3.47. The Morgan fingerprint density at radius 2 is 1.72 bits per heavy atom. The third-order valence-electron chi connectivity index (χ3n) is 7.95. The number of halogens is 1. The summed E-state index contributed by atoms with van der Waals surface area (Å²) in [4.78, 5) is 45.5. The standard InChI is InChI=1S/C30H23BrN2O6/c1-37-21-8-6-17(14-20(21)31)28(34)27-25-24(26-19-5-3-2-4-16(19)10-11-32(26)27)29(35)33(30(25)36)18-7-9-22-23(15-18)39-13-12-38-22/h2-11,14-15,24-27H,12-13H2,1H3/t24-,25-,26+,27+/m0/s1. The normalized spacial score (nSPS) is 24.4. The minimum absolute atomic E-state index is 0.231. The Kier molecular flexibility index (Phi) is 5.52. The second-order valence-corrected chi connectivity index (χ2v) is 10.7. The number of nitrogens with zero attached hydrogens (tertiary/aromatic N) is 2. The number of hydrogen-bond donors (Lipinski definition) is 0. The lowest BCUT2D eigenvalue weighted by molar-refractivity contribution is -0.123. The van der Waals surface area contributed by atoms with E-state index in [0.29, 0.717) is 46.2 Å². The van der Waals surface area contributed by atoms with Gasteiger partial charge >= 0.3 is 0 Å². The van der Waals surface area contributed by atoms with Gasteiger partial charge < -0.3 is 19.1 Å². The minimum atomic E-state index is -0.861. The van der Waals surface area contributed by atoms with Crippen molar-refractivity contribution in [2.45, 2.75) is 12.1 Å². The van der Waals surface area contributed by atoms with Gasteiger partial charge in [0.15, 0.2) is 17.3 Å². The first-order valence-electron chi connectivity index (χ1n) is 12.7. The minimum Gasteiger partial charge on any atom is -0.496 e. The average molecular weight is 587 g/mol. The van der Waals surface area contributed by atoms with E-state index in [1.807, 2.05) is 41.4 Å². The Bertz CT molecular complexity index is 1590. The van der Waals surface area contributed by atoms with Crippen LogP contribution in [0.4, 0.5) is 5.69 Å². The van der Waals surface area contributed by atoms with Crippen molar-refractivity contribution in [3.05, 3.63) is 88.0 Å². The lowest BCUT2D eigenvalue weighted by atomic mass is 9.83. The zero-order chi connectivity index (χ0) is 26.8. The van der Waals surface area contributed by atoms with Crippen molar-refractivity contribution in [2.24, 2.45) is 11.8 Å². The van der Waals surface area contributed by atoms with Crippen LogP contribution in [0.2, 0.25) is 0 Å². The highest BCUT2D eigenvalue weighted by Crippen LogP contribution is 2.54. The first kappa shape index (κ1) is 24.0. The van der Waals surface area contributed by atoms with Crippen molar-refractivity contribution < 1.29 is 28.6 Å². The largest absolute Gasteiger partial charge is 0.496 e. The first-order chi connectivity index (χ1) is 19.0. The van der Waals surface area contributed by atoms with Crippen molar-refractivity contribution in [1.82, 2.24) is 4.90 Å². The van der Waals surface area contributed by atoms with Crippen LogP contribution in [0.5, 0.6) is 17.2 Å². The second-order valence-electron chi connectivity index (χ2n) is 9.89. The maximum Gasteiger partial charge on any atom is 0.240 e. The highest BCUT2D eigenvalue weighted by Gasteiger charge is 2.64. The molecule has 9 heteroatoms. The van der Waals surface area contributed by atoms with Gasteiger partial charge in [0.2, 0.25) is 11.8 Å². The fourth-order valence-electron chi connectivity index (χ4n) is 6.27. The number of ether oxygens (including phenoxy) is 3. The maximum absolute atomic E-state index is 14.1. The highest BCUT2D eigenvalue weighted by atomic mass is 79.9. The van der Waals surface area contributed by atoms with Gasteiger partial charge in [-0.15, -0.1) is 0 Å². The van der Waals surface area contributed by atoms with Crippen LogP contribution in [-0.2, 0) is 9.59 Å². The molecule has 4 aliphatic heterocycles. The number of carbonyl (C=O) groups excluding carboxylic acids is 3. The van der Waals surface area contributed by atoms with E-state index in [1.165, 1.54) is 4.90 Å². The fraction of sp³-hybridized carbons (Fsp3) is 0.233. The van der Waals surface area contributed by atoms with E-state index < -0.39 is 29.8 Å². The van der Waals surface area contributed by atoms with Gasteiger partial charge in [-0.05, 0) is 63.5 Å². The van der Waals surface area contributed by atoms with Crippen LogP contribution in [0.1, 0.15) is 27.5 Å². The van der Waals surface area contributed by atoms with Crippen LogP contribution in [0.25, 0.3) is 6.08 Å². The molecule has 0 radical (unpaired) electrons. The summed E-state index contributed by atoms with van der Waals surface area (Å²) in [5.74, 6) is -0.893. The Morgan fingerprint density at radius 3 is 2.51 bits per heavy atom. The summed E-state index contributed by atoms with van der Waals surface area (Å²) in [6.45, 7) is 0.825. The zero-order valence-corrected chi connectivity index (χ0v) is 22.5. The lowest BCUT2D eigenvalue weighted by Gasteiger charge is -2.35. The number of fused-ring (bicyclic) bond motifs is 6. The van der Waals surface area contributed by atoms with E-state index in [1.54, 1.807) is 43.5 Å². The molecule has 0 aromatic heterocycles. The molecule has 3 aromatic carbocycles. The van der Waals surface area contributed by atoms with E-state index in [0.717, 1.165) is 11.1 Å². The van der Waals surface area contributed by atoms with E-state index in [-0.39, 0.29) is 11.7 Å².